The molecule has 0 aromatic carbocycles. The Morgan fingerprint density at radius 1 is 1.53 bits per heavy atom. The van der Waals surface area contributed by atoms with E-state index in [0.717, 1.165) is 36.6 Å². The van der Waals surface area contributed by atoms with Crippen LogP contribution < -0.4 is 5.32 Å². The second-order valence-corrected chi connectivity index (χ2v) is 6.19. The minimum absolute atomic E-state index is 0.413. The summed E-state index contributed by atoms with van der Waals surface area (Å²) in [7, 11) is 0. The van der Waals surface area contributed by atoms with Gasteiger partial charge in [0.1, 0.15) is 5.54 Å². The summed E-state index contributed by atoms with van der Waals surface area (Å²) in [6.07, 6.45) is 4.53. The van der Waals surface area contributed by atoms with E-state index in [1.807, 2.05) is 19.1 Å². The van der Waals surface area contributed by atoms with Gasteiger partial charge in [-0.3, -0.25) is 5.32 Å². The van der Waals surface area contributed by atoms with Crippen LogP contribution in [0.3, 0.4) is 0 Å². The Kier molecular flexibility index (Phi) is 7.22. The lowest BCUT2D eigenvalue weighted by atomic mass is 9.98. The fourth-order valence-electron chi connectivity index (χ4n) is 1.63. The van der Waals surface area contributed by atoms with Gasteiger partial charge in [0.25, 0.3) is 0 Å². The molecule has 1 aromatic rings. The summed E-state index contributed by atoms with van der Waals surface area (Å²) < 4.78 is 0. The van der Waals surface area contributed by atoms with Crippen molar-refractivity contribution in [2.75, 3.05) is 12.3 Å². The molecule has 0 aliphatic carbocycles. The Hall–Kier alpha value is -0.760. The van der Waals surface area contributed by atoms with E-state index in [4.69, 9.17) is 11.6 Å². The topological polar surface area (TPSA) is 48.7 Å². The Bertz CT molecular complexity index is 416. The van der Waals surface area contributed by atoms with Crippen LogP contribution in [0, 0.1) is 11.3 Å². The maximum Gasteiger partial charge on any atom is 0.103 e. The summed E-state index contributed by atoms with van der Waals surface area (Å²) in [4.78, 5) is 4.23. The van der Waals surface area contributed by atoms with E-state index < -0.39 is 5.54 Å². The van der Waals surface area contributed by atoms with E-state index in [1.54, 1.807) is 18.0 Å². The zero-order chi connectivity index (χ0) is 14.1. The summed E-state index contributed by atoms with van der Waals surface area (Å²) >= 11 is 7.48. The van der Waals surface area contributed by atoms with Crippen molar-refractivity contribution in [1.82, 2.24) is 10.3 Å². The maximum absolute atomic E-state index is 9.21. The van der Waals surface area contributed by atoms with Crippen molar-refractivity contribution in [2.24, 2.45) is 0 Å². The predicted molar refractivity (Wildman–Crippen MR) is 81.5 cm³/mol. The molecule has 0 fully saturated rings. The fourth-order valence-corrected chi connectivity index (χ4v) is 2.54. The molecule has 1 rings (SSSR count). The lowest BCUT2D eigenvalue weighted by molar-refractivity contribution is 0.415. The molecule has 0 aliphatic heterocycles. The number of halogens is 1. The lowest BCUT2D eigenvalue weighted by Crippen LogP contribution is -2.41. The zero-order valence-electron chi connectivity index (χ0n) is 11.4. The van der Waals surface area contributed by atoms with Gasteiger partial charge in [-0.15, -0.1) is 11.8 Å². The first kappa shape index (κ1) is 16.3. The molecule has 5 heteroatoms. The summed E-state index contributed by atoms with van der Waals surface area (Å²) in [5, 5.41) is 14.1. The van der Waals surface area contributed by atoms with Crippen LogP contribution in [0.2, 0.25) is 5.02 Å². The van der Waals surface area contributed by atoms with Crippen LogP contribution in [-0.2, 0) is 0 Å². The predicted octanol–water partition coefficient (Wildman–Crippen LogP) is 3.89. The van der Waals surface area contributed by atoms with Gasteiger partial charge < -0.3 is 0 Å². The van der Waals surface area contributed by atoms with Crippen LogP contribution in [0.4, 0.5) is 0 Å². The molecule has 0 saturated heterocycles. The molecule has 1 aromatic heterocycles. The van der Waals surface area contributed by atoms with E-state index in [1.165, 1.54) is 0 Å². The van der Waals surface area contributed by atoms with Crippen molar-refractivity contribution in [3.63, 3.8) is 0 Å². The highest BCUT2D eigenvalue weighted by Gasteiger charge is 2.21. The Labute approximate surface area is 124 Å². The number of aromatic nitrogens is 1. The molecule has 0 radical (unpaired) electrons. The number of nitrogens with one attached hydrogen (secondary N) is 1. The van der Waals surface area contributed by atoms with Crippen molar-refractivity contribution in [1.29, 1.82) is 5.26 Å². The number of thioether (sulfide) groups is 1. The molecule has 0 amide bonds. The number of pyridine rings is 1. The molecule has 0 bridgehead atoms. The molecule has 0 saturated carbocycles. The number of rotatable bonds is 8. The van der Waals surface area contributed by atoms with E-state index in [0.29, 0.717) is 5.02 Å². The molecule has 19 heavy (non-hydrogen) atoms. The van der Waals surface area contributed by atoms with Gasteiger partial charge in [-0.1, -0.05) is 18.5 Å². The highest BCUT2D eigenvalue weighted by atomic mass is 35.5. The van der Waals surface area contributed by atoms with Crippen LogP contribution in [0.25, 0.3) is 0 Å². The van der Waals surface area contributed by atoms with Crippen LogP contribution in [0.15, 0.2) is 23.4 Å². The summed E-state index contributed by atoms with van der Waals surface area (Å²) in [5.41, 5.74) is -0.413. The Balaban J connectivity index is 2.29. The highest BCUT2D eigenvalue weighted by Crippen LogP contribution is 2.20. The van der Waals surface area contributed by atoms with Crippen LogP contribution in [0.1, 0.15) is 33.1 Å². The average Bonchev–Trinajstić information content (AvgIpc) is 2.43. The van der Waals surface area contributed by atoms with Gasteiger partial charge >= 0.3 is 0 Å². The number of hydrogen-bond acceptors (Lipinski definition) is 4. The van der Waals surface area contributed by atoms with E-state index in [-0.39, 0.29) is 0 Å². The fraction of sp³-hybridized carbons (Fsp3) is 0.571. The first-order valence-corrected chi connectivity index (χ1v) is 7.86. The van der Waals surface area contributed by atoms with E-state index >= 15 is 0 Å². The molecule has 0 aliphatic rings. The standard InChI is InChI=1S/C14H20ClN3S/c1-3-8-18-14(2,11-16)7-4-9-19-13-6-5-12(15)10-17-13/h5-6,10,18H,3-4,7-9H2,1-2H3. The van der Waals surface area contributed by atoms with Crippen LogP contribution in [0.5, 0.6) is 0 Å². The SMILES string of the molecule is CCCNC(C)(C#N)CCCSc1ccc(Cl)cn1. The molecule has 1 N–H and O–H groups in total. The third-order valence-corrected chi connectivity index (χ3v) is 4.04. The average molecular weight is 298 g/mol. The molecule has 1 unspecified atom stereocenters. The van der Waals surface area contributed by atoms with E-state index in [2.05, 4.69) is 23.3 Å². The first-order chi connectivity index (χ1) is 9.09. The molecule has 1 heterocycles. The van der Waals surface area contributed by atoms with Crippen molar-refractivity contribution in [3.05, 3.63) is 23.4 Å². The van der Waals surface area contributed by atoms with Gasteiger partial charge in [-0.25, -0.2) is 4.98 Å². The maximum atomic E-state index is 9.21. The normalized spacial score (nSPS) is 13.8. The van der Waals surface area contributed by atoms with Gasteiger partial charge in [0.05, 0.1) is 16.1 Å². The second kappa shape index (κ2) is 8.42. The van der Waals surface area contributed by atoms with Gasteiger partial charge in [0.15, 0.2) is 0 Å². The summed E-state index contributed by atoms with van der Waals surface area (Å²) in [6, 6.07) is 6.13. The second-order valence-electron chi connectivity index (χ2n) is 4.64. The Morgan fingerprint density at radius 2 is 2.32 bits per heavy atom. The summed E-state index contributed by atoms with van der Waals surface area (Å²) in [5.74, 6) is 0.958. The molecule has 1 atom stereocenters. The minimum atomic E-state index is -0.413. The van der Waals surface area contributed by atoms with Crippen molar-refractivity contribution >= 4 is 23.4 Å². The van der Waals surface area contributed by atoms with Gasteiger partial charge in [0.2, 0.25) is 0 Å². The zero-order valence-corrected chi connectivity index (χ0v) is 13.0. The number of hydrogen-bond donors (Lipinski definition) is 1. The van der Waals surface area contributed by atoms with Crippen molar-refractivity contribution in [3.8, 4) is 6.07 Å². The van der Waals surface area contributed by atoms with E-state index in [9.17, 15) is 5.26 Å². The first-order valence-electron chi connectivity index (χ1n) is 6.50. The third kappa shape index (κ3) is 6.29. The van der Waals surface area contributed by atoms with Crippen LogP contribution in [-0.4, -0.2) is 22.8 Å². The quantitative estimate of drug-likeness (QED) is 0.584. The van der Waals surface area contributed by atoms with Crippen molar-refractivity contribution < 1.29 is 0 Å². The molecule has 104 valence electrons. The summed E-state index contributed by atoms with van der Waals surface area (Å²) in [6.45, 7) is 4.96. The number of nitriles is 1. The number of nitrogens with zero attached hydrogens (tertiary/aromatic N) is 2. The van der Waals surface area contributed by atoms with Gasteiger partial charge in [-0.05, 0) is 50.6 Å². The molecule has 0 spiro atoms. The highest BCUT2D eigenvalue weighted by molar-refractivity contribution is 7.99. The minimum Gasteiger partial charge on any atom is -0.300 e. The molecular weight excluding hydrogens is 278 g/mol. The largest absolute Gasteiger partial charge is 0.300 e. The van der Waals surface area contributed by atoms with Crippen molar-refractivity contribution in [2.45, 2.75) is 43.7 Å². The third-order valence-electron chi connectivity index (χ3n) is 2.78. The molecular formula is C14H20ClN3S. The smallest absolute Gasteiger partial charge is 0.103 e. The van der Waals surface area contributed by atoms with Gasteiger partial charge in [-0.2, -0.15) is 5.26 Å². The lowest BCUT2D eigenvalue weighted by Gasteiger charge is -2.22. The Morgan fingerprint density at radius 3 is 2.89 bits per heavy atom. The van der Waals surface area contributed by atoms with Gasteiger partial charge in [0, 0.05) is 6.20 Å². The van der Waals surface area contributed by atoms with Crippen LogP contribution >= 0.6 is 23.4 Å². The monoisotopic (exact) mass is 297 g/mol. The molecule has 3 nitrogen and oxygen atoms in total.